The fourth-order valence-corrected chi connectivity index (χ4v) is 3.04. The van der Waals surface area contributed by atoms with E-state index in [1.54, 1.807) is 44.2 Å². The SMILES string of the molecule is CC(C)CC(NC(=O)C(Cc1ccccc1)NC(=O)C(N)CO)C(=O)NC(CC(=O)O)C(=O)O. The first kappa shape index (κ1) is 28.5. The highest BCUT2D eigenvalue weighted by molar-refractivity contribution is 5.94. The summed E-state index contributed by atoms with van der Waals surface area (Å²) < 4.78 is 0. The first-order chi connectivity index (χ1) is 15.9. The minimum Gasteiger partial charge on any atom is -0.481 e. The van der Waals surface area contributed by atoms with Gasteiger partial charge in [-0.15, -0.1) is 0 Å². The van der Waals surface area contributed by atoms with Gasteiger partial charge in [-0.3, -0.25) is 19.2 Å². The van der Waals surface area contributed by atoms with Gasteiger partial charge >= 0.3 is 11.9 Å². The highest BCUT2D eigenvalue weighted by Crippen LogP contribution is 2.09. The van der Waals surface area contributed by atoms with Gasteiger partial charge in [0.1, 0.15) is 24.2 Å². The van der Waals surface area contributed by atoms with Gasteiger partial charge in [-0.1, -0.05) is 44.2 Å². The lowest BCUT2D eigenvalue weighted by molar-refractivity contribution is -0.147. The number of carboxylic acids is 2. The van der Waals surface area contributed by atoms with E-state index in [0.717, 1.165) is 0 Å². The Morgan fingerprint density at radius 3 is 1.88 bits per heavy atom. The molecule has 4 atom stereocenters. The second kappa shape index (κ2) is 13.9. The summed E-state index contributed by atoms with van der Waals surface area (Å²) in [6.07, 6.45) is -0.655. The zero-order valence-electron chi connectivity index (χ0n) is 19.1. The highest BCUT2D eigenvalue weighted by Gasteiger charge is 2.31. The molecule has 0 spiro atoms. The number of nitrogens with two attached hydrogens (primary N) is 1. The number of nitrogens with one attached hydrogen (secondary N) is 3. The minimum absolute atomic E-state index is 0.0589. The fourth-order valence-electron chi connectivity index (χ4n) is 3.04. The van der Waals surface area contributed by atoms with Crippen molar-refractivity contribution in [2.45, 2.75) is 57.3 Å². The largest absolute Gasteiger partial charge is 0.481 e. The van der Waals surface area contributed by atoms with Crippen molar-refractivity contribution in [1.82, 2.24) is 16.0 Å². The van der Waals surface area contributed by atoms with Gasteiger partial charge in [-0.05, 0) is 17.9 Å². The van der Waals surface area contributed by atoms with Crippen LogP contribution in [0.5, 0.6) is 0 Å². The molecule has 0 saturated heterocycles. The van der Waals surface area contributed by atoms with Crippen molar-refractivity contribution in [3.63, 3.8) is 0 Å². The predicted octanol–water partition coefficient (Wildman–Crippen LogP) is -1.39. The zero-order valence-corrected chi connectivity index (χ0v) is 19.1. The Kier molecular flexibility index (Phi) is 11.7. The van der Waals surface area contributed by atoms with Gasteiger partial charge in [0.05, 0.1) is 13.0 Å². The van der Waals surface area contributed by atoms with E-state index >= 15 is 0 Å². The van der Waals surface area contributed by atoms with E-state index in [2.05, 4.69) is 16.0 Å². The molecule has 0 fully saturated rings. The molecule has 34 heavy (non-hydrogen) atoms. The molecule has 0 bridgehead atoms. The number of hydrogen-bond acceptors (Lipinski definition) is 7. The minimum atomic E-state index is -1.68. The standard InChI is InChI=1S/C22H32N4O8/c1-12(2)8-15(20(31)26-17(22(33)34)10-18(28)29)25-21(32)16(24-19(30)14(23)11-27)9-13-6-4-3-5-7-13/h3-7,12,14-17,27H,8-11,23H2,1-2H3,(H,24,30)(H,25,32)(H,26,31)(H,28,29)(H,33,34). The van der Waals surface area contributed by atoms with Gasteiger partial charge in [-0.25, -0.2) is 4.79 Å². The molecule has 1 rings (SSSR count). The summed E-state index contributed by atoms with van der Waals surface area (Å²) in [7, 11) is 0. The third kappa shape index (κ3) is 9.96. The van der Waals surface area contributed by atoms with Gasteiger partial charge in [0.25, 0.3) is 0 Å². The van der Waals surface area contributed by atoms with E-state index in [4.69, 9.17) is 15.9 Å². The molecule has 0 aliphatic rings. The highest BCUT2D eigenvalue weighted by atomic mass is 16.4. The van der Waals surface area contributed by atoms with Crippen molar-refractivity contribution in [2.75, 3.05) is 6.61 Å². The maximum Gasteiger partial charge on any atom is 0.326 e. The Balaban J connectivity index is 3.08. The molecule has 12 nitrogen and oxygen atoms in total. The van der Waals surface area contributed by atoms with Crippen LogP contribution in [0.3, 0.4) is 0 Å². The second-order valence-electron chi connectivity index (χ2n) is 8.23. The van der Waals surface area contributed by atoms with E-state index in [1.165, 1.54) is 0 Å². The molecule has 8 N–H and O–H groups in total. The van der Waals surface area contributed by atoms with Crippen LogP contribution in [0, 0.1) is 5.92 Å². The molecule has 1 aromatic carbocycles. The van der Waals surface area contributed by atoms with Gasteiger partial charge in [0.15, 0.2) is 0 Å². The van der Waals surface area contributed by atoms with Crippen LogP contribution in [0.15, 0.2) is 30.3 Å². The average Bonchev–Trinajstić information content (AvgIpc) is 2.76. The maximum atomic E-state index is 13.1. The quantitative estimate of drug-likeness (QED) is 0.167. The smallest absolute Gasteiger partial charge is 0.326 e. The molecular weight excluding hydrogens is 448 g/mol. The Labute approximate surface area is 196 Å². The second-order valence-corrected chi connectivity index (χ2v) is 8.23. The van der Waals surface area contributed by atoms with Crippen LogP contribution in [0.2, 0.25) is 0 Å². The Bertz CT molecular complexity index is 862. The van der Waals surface area contributed by atoms with Crippen LogP contribution in [-0.2, 0) is 30.4 Å². The van der Waals surface area contributed by atoms with Gasteiger partial charge in [0.2, 0.25) is 17.7 Å². The number of carboxylic acid groups (broad SMARTS) is 2. The normalized spacial score (nSPS) is 14.4. The molecule has 12 heteroatoms. The first-order valence-electron chi connectivity index (χ1n) is 10.7. The lowest BCUT2D eigenvalue weighted by Gasteiger charge is -2.26. The van der Waals surface area contributed by atoms with Crippen molar-refractivity contribution >= 4 is 29.7 Å². The lowest BCUT2D eigenvalue weighted by Crippen LogP contribution is -2.58. The summed E-state index contributed by atoms with van der Waals surface area (Å²) in [4.78, 5) is 60.3. The number of amides is 3. The van der Waals surface area contributed by atoms with E-state index in [0.29, 0.717) is 5.56 Å². The summed E-state index contributed by atoms with van der Waals surface area (Å²) in [5.74, 6) is -5.40. The summed E-state index contributed by atoms with van der Waals surface area (Å²) >= 11 is 0. The van der Waals surface area contributed by atoms with Crippen molar-refractivity contribution in [3.8, 4) is 0 Å². The van der Waals surface area contributed by atoms with E-state index < -0.39 is 66.9 Å². The van der Waals surface area contributed by atoms with Crippen molar-refractivity contribution in [1.29, 1.82) is 0 Å². The number of benzene rings is 1. The molecule has 4 unspecified atom stereocenters. The van der Waals surface area contributed by atoms with E-state index in [-0.39, 0.29) is 18.8 Å². The molecule has 188 valence electrons. The van der Waals surface area contributed by atoms with Crippen LogP contribution in [0.25, 0.3) is 0 Å². The number of rotatable bonds is 14. The Morgan fingerprint density at radius 1 is 0.853 bits per heavy atom. The number of aliphatic hydroxyl groups excluding tert-OH is 1. The van der Waals surface area contributed by atoms with E-state index in [1.807, 2.05) is 0 Å². The summed E-state index contributed by atoms with van der Waals surface area (Å²) in [5, 5.41) is 34.3. The molecule has 0 aliphatic carbocycles. The number of carbonyl (C=O) groups is 5. The molecule has 0 saturated carbocycles. The molecular formula is C22H32N4O8. The van der Waals surface area contributed by atoms with E-state index in [9.17, 15) is 29.1 Å². The molecule has 3 amide bonds. The van der Waals surface area contributed by atoms with Crippen LogP contribution in [0.1, 0.15) is 32.3 Å². The molecule has 0 aromatic heterocycles. The van der Waals surface area contributed by atoms with Crippen LogP contribution in [-0.4, -0.2) is 75.8 Å². The Morgan fingerprint density at radius 2 is 1.38 bits per heavy atom. The zero-order chi connectivity index (χ0) is 25.8. The summed E-state index contributed by atoms with van der Waals surface area (Å²) in [5.41, 5.74) is 6.24. The first-order valence-corrected chi connectivity index (χ1v) is 10.7. The maximum absolute atomic E-state index is 13.1. The topological polar surface area (TPSA) is 208 Å². The monoisotopic (exact) mass is 480 g/mol. The van der Waals surface area contributed by atoms with Crippen molar-refractivity contribution in [3.05, 3.63) is 35.9 Å². The third-order valence-corrected chi connectivity index (χ3v) is 4.78. The lowest BCUT2D eigenvalue weighted by atomic mass is 10.0. The predicted molar refractivity (Wildman–Crippen MR) is 120 cm³/mol. The molecule has 1 aromatic rings. The molecule has 0 radical (unpaired) electrons. The number of aliphatic carboxylic acids is 2. The number of aliphatic hydroxyl groups is 1. The molecule has 0 heterocycles. The Hall–Kier alpha value is -3.51. The third-order valence-electron chi connectivity index (χ3n) is 4.78. The summed E-state index contributed by atoms with van der Waals surface area (Å²) in [6, 6.07) is 3.46. The molecule has 0 aliphatic heterocycles. The van der Waals surface area contributed by atoms with Crippen LogP contribution < -0.4 is 21.7 Å². The van der Waals surface area contributed by atoms with Gasteiger partial charge in [-0.2, -0.15) is 0 Å². The summed E-state index contributed by atoms with van der Waals surface area (Å²) in [6.45, 7) is 2.92. The number of carbonyl (C=O) groups excluding carboxylic acids is 3. The van der Waals surface area contributed by atoms with Crippen LogP contribution in [0.4, 0.5) is 0 Å². The number of hydrogen-bond donors (Lipinski definition) is 7. The fraction of sp³-hybridized carbons (Fsp3) is 0.500. The van der Waals surface area contributed by atoms with Gasteiger partial charge < -0.3 is 37.0 Å². The van der Waals surface area contributed by atoms with Crippen molar-refractivity contribution in [2.24, 2.45) is 11.7 Å². The van der Waals surface area contributed by atoms with Crippen LogP contribution >= 0.6 is 0 Å². The average molecular weight is 481 g/mol. The van der Waals surface area contributed by atoms with Gasteiger partial charge in [0, 0.05) is 6.42 Å². The van der Waals surface area contributed by atoms with Crippen molar-refractivity contribution < 1.29 is 39.3 Å².